The summed E-state index contributed by atoms with van der Waals surface area (Å²) in [7, 11) is 0. The van der Waals surface area contributed by atoms with Crippen molar-refractivity contribution in [2.45, 2.75) is 32.2 Å². The van der Waals surface area contributed by atoms with Crippen molar-refractivity contribution in [2.75, 3.05) is 4.90 Å². The van der Waals surface area contributed by atoms with Crippen LogP contribution in [-0.4, -0.2) is 9.55 Å². The molecule has 0 radical (unpaired) electrons. The van der Waals surface area contributed by atoms with Gasteiger partial charge in [-0.25, -0.2) is 4.98 Å². The fraction of sp³-hybridized carbons (Fsp3) is 0.133. The number of allylic oxidation sites excluding steroid dienone is 4. The van der Waals surface area contributed by atoms with Crippen molar-refractivity contribution >= 4 is 39.0 Å². The third-order valence-corrected chi connectivity index (χ3v) is 10.5. The van der Waals surface area contributed by atoms with E-state index in [0.29, 0.717) is 12.0 Å². The monoisotopic (exact) mass is 619 g/mol. The third kappa shape index (κ3) is 4.38. The first kappa shape index (κ1) is 28.5. The highest BCUT2D eigenvalue weighted by Gasteiger charge is 2.35. The Morgan fingerprint density at radius 2 is 1.31 bits per heavy atom. The predicted molar refractivity (Wildman–Crippen MR) is 201 cm³/mol. The molecule has 2 aromatic heterocycles. The van der Waals surface area contributed by atoms with Crippen LogP contribution in [0.3, 0.4) is 0 Å². The van der Waals surface area contributed by atoms with Gasteiger partial charge in [0, 0.05) is 44.8 Å². The molecule has 7 aromatic rings. The van der Waals surface area contributed by atoms with Gasteiger partial charge in [-0.05, 0) is 93.9 Å². The molecule has 2 unspecified atom stereocenters. The number of nitrogens with zero attached hydrogens (tertiary/aromatic N) is 3. The van der Waals surface area contributed by atoms with Gasteiger partial charge in [0.1, 0.15) is 5.82 Å². The van der Waals surface area contributed by atoms with Gasteiger partial charge in [-0.3, -0.25) is 4.90 Å². The van der Waals surface area contributed by atoms with E-state index >= 15 is 0 Å². The zero-order valence-electron chi connectivity index (χ0n) is 27.5. The highest BCUT2D eigenvalue weighted by molar-refractivity contribution is 6.09. The SMILES string of the molecule is CC1C=CC=CC1n1c2ccccc2c2cc(-c3ccc(N(c4ccc5c(c4)C(C)(C)c4ccccc4-5)c4ccccn4)cc3)ccc21. The fourth-order valence-corrected chi connectivity index (χ4v) is 8.07. The first-order valence-electron chi connectivity index (χ1n) is 16.9. The fourth-order valence-electron chi connectivity index (χ4n) is 8.07. The lowest BCUT2D eigenvalue weighted by atomic mass is 9.82. The van der Waals surface area contributed by atoms with Crippen molar-refractivity contribution in [3.05, 3.63) is 169 Å². The molecule has 0 saturated heterocycles. The molecule has 3 heteroatoms. The Kier molecular flexibility index (Phi) is 6.52. The Hall–Kier alpha value is -5.67. The van der Waals surface area contributed by atoms with Gasteiger partial charge in [0.2, 0.25) is 0 Å². The van der Waals surface area contributed by atoms with Gasteiger partial charge in [0.25, 0.3) is 0 Å². The molecule has 0 amide bonds. The van der Waals surface area contributed by atoms with Crippen molar-refractivity contribution in [3.63, 3.8) is 0 Å². The summed E-state index contributed by atoms with van der Waals surface area (Å²) >= 11 is 0. The third-order valence-electron chi connectivity index (χ3n) is 10.5. The quantitative estimate of drug-likeness (QED) is 0.191. The van der Waals surface area contributed by atoms with E-state index in [1.165, 1.54) is 55.2 Å². The number of hydrogen-bond acceptors (Lipinski definition) is 2. The van der Waals surface area contributed by atoms with E-state index in [2.05, 4.69) is 176 Å². The lowest BCUT2D eigenvalue weighted by Gasteiger charge is -2.27. The zero-order chi connectivity index (χ0) is 32.4. The summed E-state index contributed by atoms with van der Waals surface area (Å²) in [5.74, 6) is 1.32. The summed E-state index contributed by atoms with van der Waals surface area (Å²) in [6.07, 6.45) is 10.8. The maximum absolute atomic E-state index is 4.81. The lowest BCUT2D eigenvalue weighted by molar-refractivity contribution is 0.510. The minimum Gasteiger partial charge on any atom is -0.333 e. The van der Waals surface area contributed by atoms with Crippen molar-refractivity contribution in [2.24, 2.45) is 5.92 Å². The minimum absolute atomic E-state index is 0.0780. The predicted octanol–water partition coefficient (Wildman–Crippen LogP) is 11.9. The molecule has 48 heavy (non-hydrogen) atoms. The van der Waals surface area contributed by atoms with Crippen LogP contribution < -0.4 is 4.90 Å². The van der Waals surface area contributed by atoms with E-state index in [1.807, 2.05) is 12.3 Å². The molecule has 0 N–H and O–H groups in total. The van der Waals surface area contributed by atoms with Crippen LogP contribution in [0.2, 0.25) is 0 Å². The summed E-state index contributed by atoms with van der Waals surface area (Å²) in [6.45, 7) is 6.97. The molecule has 2 atom stereocenters. The average Bonchev–Trinajstić information content (AvgIpc) is 3.57. The maximum atomic E-state index is 4.81. The van der Waals surface area contributed by atoms with Gasteiger partial charge in [0.15, 0.2) is 0 Å². The molecule has 0 saturated carbocycles. The van der Waals surface area contributed by atoms with E-state index in [-0.39, 0.29) is 5.41 Å². The van der Waals surface area contributed by atoms with Gasteiger partial charge < -0.3 is 4.57 Å². The van der Waals surface area contributed by atoms with E-state index in [1.54, 1.807) is 0 Å². The number of anilines is 3. The smallest absolute Gasteiger partial charge is 0.137 e. The van der Waals surface area contributed by atoms with E-state index < -0.39 is 0 Å². The first-order chi connectivity index (χ1) is 23.5. The second kappa shape index (κ2) is 11.0. The van der Waals surface area contributed by atoms with Crippen molar-refractivity contribution in [1.29, 1.82) is 0 Å². The second-order valence-electron chi connectivity index (χ2n) is 13.7. The van der Waals surface area contributed by atoms with Crippen LogP contribution in [0.15, 0.2) is 158 Å². The maximum Gasteiger partial charge on any atom is 0.137 e. The standard InChI is InChI=1S/C45H37N3/c1-30-12-4-8-16-41(30)48-42-17-9-6-14-37(42)38-28-32(21-26-43(38)48)31-19-22-33(23-20-31)47(44-18-10-11-27-46-44)34-24-25-36-35-13-5-7-15-39(35)45(2,3)40(36)29-34/h4-30,41H,1-3H3. The molecular formula is C45H37N3. The molecule has 0 spiro atoms. The Labute approximate surface area is 282 Å². The summed E-state index contributed by atoms with van der Waals surface area (Å²) in [6, 6.07) is 46.8. The number of benzene rings is 5. The second-order valence-corrected chi connectivity index (χ2v) is 13.7. The Morgan fingerprint density at radius 3 is 2.15 bits per heavy atom. The van der Waals surface area contributed by atoms with Crippen molar-refractivity contribution < 1.29 is 0 Å². The number of pyridine rings is 1. The van der Waals surface area contributed by atoms with Crippen molar-refractivity contribution in [3.8, 4) is 22.3 Å². The normalized spacial score (nSPS) is 17.5. The summed E-state index contributed by atoms with van der Waals surface area (Å²) < 4.78 is 2.52. The van der Waals surface area contributed by atoms with Crippen LogP contribution in [0, 0.1) is 5.92 Å². The summed E-state index contributed by atoms with van der Waals surface area (Å²) in [4.78, 5) is 7.08. The molecular weight excluding hydrogens is 583 g/mol. The van der Waals surface area contributed by atoms with Gasteiger partial charge >= 0.3 is 0 Å². The van der Waals surface area contributed by atoms with Crippen LogP contribution in [0.25, 0.3) is 44.1 Å². The molecule has 3 nitrogen and oxygen atoms in total. The van der Waals surface area contributed by atoms with Gasteiger partial charge in [-0.15, -0.1) is 0 Å². The van der Waals surface area contributed by atoms with Gasteiger partial charge in [-0.2, -0.15) is 0 Å². The first-order valence-corrected chi connectivity index (χ1v) is 16.9. The topological polar surface area (TPSA) is 21.1 Å². The Balaban J connectivity index is 1.12. The zero-order valence-corrected chi connectivity index (χ0v) is 27.5. The number of para-hydroxylation sites is 1. The molecule has 0 aliphatic heterocycles. The summed E-state index contributed by atoms with van der Waals surface area (Å²) in [5.41, 5.74) is 12.4. The number of aromatic nitrogens is 2. The highest BCUT2D eigenvalue weighted by atomic mass is 15.2. The molecule has 232 valence electrons. The molecule has 9 rings (SSSR count). The minimum atomic E-state index is -0.0780. The Morgan fingerprint density at radius 1 is 0.604 bits per heavy atom. The molecule has 0 fully saturated rings. The van der Waals surface area contributed by atoms with Crippen LogP contribution in [-0.2, 0) is 5.41 Å². The Bertz CT molecular complexity index is 2390. The molecule has 2 aliphatic rings. The van der Waals surface area contributed by atoms with E-state index in [0.717, 1.165) is 17.2 Å². The number of fused-ring (bicyclic) bond motifs is 6. The average molecular weight is 620 g/mol. The van der Waals surface area contributed by atoms with Crippen molar-refractivity contribution in [1.82, 2.24) is 9.55 Å². The number of rotatable bonds is 5. The summed E-state index contributed by atoms with van der Waals surface area (Å²) in [5, 5.41) is 2.59. The molecule has 2 heterocycles. The highest BCUT2D eigenvalue weighted by Crippen LogP contribution is 2.50. The molecule has 5 aromatic carbocycles. The van der Waals surface area contributed by atoms with Gasteiger partial charge in [0.05, 0.1) is 6.04 Å². The molecule has 2 aliphatic carbocycles. The lowest BCUT2D eigenvalue weighted by Crippen LogP contribution is -2.16. The van der Waals surface area contributed by atoms with Crippen LogP contribution in [0.4, 0.5) is 17.2 Å². The molecule has 0 bridgehead atoms. The van der Waals surface area contributed by atoms with Crippen LogP contribution >= 0.6 is 0 Å². The van der Waals surface area contributed by atoms with Crippen LogP contribution in [0.5, 0.6) is 0 Å². The number of hydrogen-bond donors (Lipinski definition) is 0. The van der Waals surface area contributed by atoms with E-state index in [9.17, 15) is 0 Å². The van der Waals surface area contributed by atoms with E-state index in [4.69, 9.17) is 4.98 Å². The van der Waals surface area contributed by atoms with Gasteiger partial charge in [-0.1, -0.05) is 118 Å². The largest absolute Gasteiger partial charge is 0.333 e. The van der Waals surface area contributed by atoms with Crippen LogP contribution in [0.1, 0.15) is 37.9 Å².